The van der Waals surface area contributed by atoms with Crippen LogP contribution in [-0.4, -0.2) is 34.9 Å². The highest BCUT2D eigenvalue weighted by molar-refractivity contribution is 6.14. The molecule has 1 heterocycles. The summed E-state index contributed by atoms with van der Waals surface area (Å²) in [6, 6.07) is 10.7. The molecular formula is C21H18F2N4O3. The van der Waals surface area contributed by atoms with Crippen LogP contribution < -0.4 is 16.2 Å². The fraction of sp³-hybridized carbons (Fsp3) is 0.0952. The number of anilines is 2. The minimum atomic E-state index is -0.842. The van der Waals surface area contributed by atoms with Crippen molar-refractivity contribution < 1.29 is 18.7 Å². The number of para-hydroxylation sites is 1. The van der Waals surface area contributed by atoms with Gasteiger partial charge in [0.2, 0.25) is 0 Å². The van der Waals surface area contributed by atoms with Crippen LogP contribution in [0, 0.1) is 17.0 Å². The number of hydrogen-bond donors (Lipinski definition) is 5. The average Bonchev–Trinajstić information content (AvgIpc) is 2.74. The van der Waals surface area contributed by atoms with Gasteiger partial charge in [0.05, 0.1) is 23.6 Å². The second-order valence-electron chi connectivity index (χ2n) is 6.25. The molecule has 0 spiro atoms. The molecule has 1 amide bonds. The largest absolute Gasteiger partial charge is 0.395 e. The van der Waals surface area contributed by atoms with E-state index >= 15 is 0 Å². The summed E-state index contributed by atoms with van der Waals surface area (Å²) < 4.78 is 28.0. The summed E-state index contributed by atoms with van der Waals surface area (Å²) in [5, 5.41) is 22.3. The molecule has 9 heteroatoms. The Hall–Kier alpha value is -3.85. The maximum absolute atomic E-state index is 14.0. The minimum absolute atomic E-state index is 0.0533. The van der Waals surface area contributed by atoms with Crippen molar-refractivity contribution in [2.45, 2.75) is 0 Å². The number of pyridine rings is 1. The third-order valence-corrected chi connectivity index (χ3v) is 4.27. The molecule has 0 radical (unpaired) electrons. The van der Waals surface area contributed by atoms with Gasteiger partial charge in [0.25, 0.3) is 11.5 Å². The molecule has 7 nitrogen and oxygen atoms in total. The number of carbonyl (C=O) groups is 1. The van der Waals surface area contributed by atoms with Gasteiger partial charge >= 0.3 is 0 Å². The molecule has 0 unspecified atom stereocenters. The Morgan fingerprint density at radius 3 is 2.30 bits per heavy atom. The highest BCUT2D eigenvalue weighted by atomic mass is 19.1. The van der Waals surface area contributed by atoms with E-state index in [4.69, 9.17) is 10.5 Å². The van der Waals surface area contributed by atoms with Gasteiger partial charge in [-0.05, 0) is 30.3 Å². The van der Waals surface area contributed by atoms with Crippen molar-refractivity contribution in [1.82, 2.24) is 10.3 Å². The topological polar surface area (TPSA) is 118 Å². The first-order chi connectivity index (χ1) is 14.4. The SMILES string of the molecule is N=C(c1ccc(C(=O)NCCO)cc1)c1c(Nc2c(F)cccc2F)cc[nH]c1=O. The number of aromatic amines is 1. The van der Waals surface area contributed by atoms with Crippen LogP contribution in [0.3, 0.4) is 0 Å². The fourth-order valence-electron chi connectivity index (χ4n) is 2.79. The second kappa shape index (κ2) is 9.10. The molecule has 1 aromatic heterocycles. The summed E-state index contributed by atoms with van der Waals surface area (Å²) in [6.07, 6.45) is 1.30. The van der Waals surface area contributed by atoms with Crippen molar-refractivity contribution in [1.29, 1.82) is 5.41 Å². The van der Waals surface area contributed by atoms with E-state index in [-0.39, 0.29) is 30.1 Å². The van der Waals surface area contributed by atoms with Crippen LogP contribution in [-0.2, 0) is 0 Å². The van der Waals surface area contributed by atoms with Crippen LogP contribution in [0.15, 0.2) is 59.5 Å². The normalized spacial score (nSPS) is 10.5. The number of aromatic nitrogens is 1. The van der Waals surface area contributed by atoms with Crippen molar-refractivity contribution in [3.63, 3.8) is 0 Å². The van der Waals surface area contributed by atoms with Gasteiger partial charge in [-0.3, -0.25) is 15.0 Å². The first-order valence-corrected chi connectivity index (χ1v) is 8.93. The molecule has 0 aliphatic heterocycles. The fourth-order valence-corrected chi connectivity index (χ4v) is 2.79. The molecule has 0 saturated heterocycles. The van der Waals surface area contributed by atoms with E-state index in [0.717, 1.165) is 12.1 Å². The summed E-state index contributed by atoms with van der Waals surface area (Å²) in [4.78, 5) is 26.8. The van der Waals surface area contributed by atoms with E-state index in [1.54, 1.807) is 0 Å². The maximum Gasteiger partial charge on any atom is 0.259 e. The van der Waals surface area contributed by atoms with Crippen molar-refractivity contribution in [3.8, 4) is 0 Å². The lowest BCUT2D eigenvalue weighted by atomic mass is 10.0. The Morgan fingerprint density at radius 1 is 1.03 bits per heavy atom. The number of nitrogens with one attached hydrogen (secondary N) is 4. The number of carbonyl (C=O) groups excluding carboxylic acids is 1. The molecular weight excluding hydrogens is 394 g/mol. The van der Waals surface area contributed by atoms with Crippen molar-refractivity contribution in [3.05, 3.63) is 93.4 Å². The minimum Gasteiger partial charge on any atom is -0.395 e. The van der Waals surface area contributed by atoms with E-state index < -0.39 is 28.8 Å². The zero-order chi connectivity index (χ0) is 21.7. The van der Waals surface area contributed by atoms with Crippen molar-refractivity contribution >= 4 is 23.0 Å². The van der Waals surface area contributed by atoms with Gasteiger partial charge in [-0.25, -0.2) is 8.78 Å². The number of aliphatic hydroxyl groups is 1. The van der Waals surface area contributed by atoms with Gasteiger partial charge in [-0.1, -0.05) is 18.2 Å². The summed E-state index contributed by atoms with van der Waals surface area (Å²) in [6.45, 7) is -0.0823. The smallest absolute Gasteiger partial charge is 0.259 e. The number of amides is 1. The molecule has 0 aliphatic rings. The monoisotopic (exact) mass is 412 g/mol. The van der Waals surface area contributed by atoms with Crippen LogP contribution in [0.5, 0.6) is 0 Å². The molecule has 0 saturated carbocycles. The molecule has 3 rings (SSSR count). The molecule has 5 N–H and O–H groups in total. The van der Waals surface area contributed by atoms with Crippen LogP contribution in [0.25, 0.3) is 0 Å². The number of aliphatic hydroxyl groups excluding tert-OH is 1. The Balaban J connectivity index is 1.93. The van der Waals surface area contributed by atoms with E-state index in [0.29, 0.717) is 11.1 Å². The first-order valence-electron chi connectivity index (χ1n) is 8.93. The molecule has 30 heavy (non-hydrogen) atoms. The highest BCUT2D eigenvalue weighted by Crippen LogP contribution is 2.25. The van der Waals surface area contributed by atoms with Crippen LogP contribution >= 0.6 is 0 Å². The third kappa shape index (κ3) is 4.41. The van der Waals surface area contributed by atoms with Crippen molar-refractivity contribution in [2.75, 3.05) is 18.5 Å². The molecule has 3 aromatic rings. The number of halogens is 2. The van der Waals surface area contributed by atoms with Gasteiger partial charge in [0, 0.05) is 23.9 Å². The number of H-pyrrole nitrogens is 1. The lowest BCUT2D eigenvalue weighted by Gasteiger charge is -2.13. The molecule has 2 aromatic carbocycles. The summed E-state index contributed by atoms with van der Waals surface area (Å²) in [7, 11) is 0. The van der Waals surface area contributed by atoms with Crippen LogP contribution in [0.4, 0.5) is 20.2 Å². The Kier molecular flexibility index (Phi) is 6.33. The van der Waals surface area contributed by atoms with E-state index in [1.807, 2.05) is 0 Å². The predicted molar refractivity (Wildman–Crippen MR) is 108 cm³/mol. The Morgan fingerprint density at radius 2 is 1.67 bits per heavy atom. The van der Waals surface area contributed by atoms with Crippen molar-refractivity contribution in [2.24, 2.45) is 0 Å². The van der Waals surface area contributed by atoms with E-state index in [2.05, 4.69) is 15.6 Å². The Labute approximate surface area is 169 Å². The summed E-state index contributed by atoms with van der Waals surface area (Å²) in [5.74, 6) is -2.07. The quantitative estimate of drug-likeness (QED) is 0.383. The number of benzene rings is 2. The van der Waals surface area contributed by atoms with Crippen LogP contribution in [0.1, 0.15) is 21.5 Å². The third-order valence-electron chi connectivity index (χ3n) is 4.27. The summed E-state index contributed by atoms with van der Waals surface area (Å²) in [5.41, 5.74) is -0.677. The second-order valence-corrected chi connectivity index (χ2v) is 6.25. The lowest BCUT2D eigenvalue weighted by Crippen LogP contribution is -2.26. The van der Waals surface area contributed by atoms with Crippen LogP contribution in [0.2, 0.25) is 0 Å². The van der Waals surface area contributed by atoms with E-state index in [1.165, 1.54) is 42.6 Å². The molecule has 0 fully saturated rings. The first kappa shape index (κ1) is 20.9. The van der Waals surface area contributed by atoms with Gasteiger partial charge in [-0.15, -0.1) is 0 Å². The number of rotatable bonds is 7. The Bertz CT molecular complexity index is 1120. The zero-order valence-corrected chi connectivity index (χ0v) is 15.6. The highest BCUT2D eigenvalue weighted by Gasteiger charge is 2.18. The molecule has 0 atom stereocenters. The van der Waals surface area contributed by atoms with Gasteiger partial charge in [0.1, 0.15) is 17.3 Å². The molecule has 0 bridgehead atoms. The number of hydrogen-bond acceptors (Lipinski definition) is 5. The molecule has 0 aliphatic carbocycles. The maximum atomic E-state index is 14.0. The molecule has 154 valence electrons. The van der Waals surface area contributed by atoms with E-state index in [9.17, 15) is 18.4 Å². The average molecular weight is 412 g/mol. The standard InChI is InChI=1S/C21H18F2N4O3/c22-14-2-1-3-15(23)19(14)27-16-8-9-25-21(30)17(16)18(24)12-4-6-13(7-5-12)20(29)26-10-11-28/h1-9,24,28H,10-11H2,(H,26,29)(H2,25,27,30). The summed E-state index contributed by atoms with van der Waals surface area (Å²) >= 11 is 0. The zero-order valence-electron chi connectivity index (χ0n) is 15.6. The predicted octanol–water partition coefficient (Wildman–Crippen LogP) is 2.53. The van der Waals surface area contributed by atoms with Gasteiger partial charge in [0.15, 0.2) is 0 Å². The van der Waals surface area contributed by atoms with Gasteiger partial charge < -0.3 is 20.7 Å². The van der Waals surface area contributed by atoms with Gasteiger partial charge in [-0.2, -0.15) is 0 Å². The lowest BCUT2D eigenvalue weighted by molar-refractivity contribution is 0.0945.